The fourth-order valence-corrected chi connectivity index (χ4v) is 11.2. The van der Waals surface area contributed by atoms with Crippen molar-refractivity contribution in [2.75, 3.05) is 11.4 Å². The molecule has 0 fully saturated rings. The van der Waals surface area contributed by atoms with Gasteiger partial charge in [-0.3, -0.25) is 24.1 Å². The van der Waals surface area contributed by atoms with Crippen molar-refractivity contribution in [3.05, 3.63) is 147 Å². The first-order chi connectivity index (χ1) is 35.2. The smallest absolute Gasteiger partial charge is 0.266 e. The largest absolute Gasteiger partial charge is 0.457 e. The van der Waals surface area contributed by atoms with E-state index in [0.29, 0.717) is 101 Å². The van der Waals surface area contributed by atoms with E-state index in [2.05, 4.69) is 133 Å². The van der Waals surface area contributed by atoms with Crippen LogP contribution in [0.15, 0.2) is 97.1 Å². The van der Waals surface area contributed by atoms with Gasteiger partial charge >= 0.3 is 0 Å². The van der Waals surface area contributed by atoms with Gasteiger partial charge < -0.3 is 9.47 Å². The van der Waals surface area contributed by atoms with Gasteiger partial charge in [-0.15, -0.1) is 0 Å². The number of amides is 4. The Bertz CT molecular complexity index is 3620. The molecule has 0 spiro atoms. The van der Waals surface area contributed by atoms with Crippen LogP contribution in [0.1, 0.15) is 192 Å². The van der Waals surface area contributed by atoms with Crippen LogP contribution in [0.2, 0.25) is 0 Å². The second-order valence-electron chi connectivity index (χ2n) is 25.5. The van der Waals surface area contributed by atoms with Gasteiger partial charge in [-0.1, -0.05) is 158 Å². The maximum absolute atomic E-state index is 15.3. The number of carbonyl (C=O) groups is 4. The highest BCUT2D eigenvalue weighted by Gasteiger charge is 2.40. The molecule has 2 aliphatic heterocycles. The van der Waals surface area contributed by atoms with E-state index in [9.17, 15) is 0 Å². The molecule has 0 aliphatic carbocycles. The molecule has 0 N–H and O–H groups in total. The van der Waals surface area contributed by atoms with E-state index in [1.54, 1.807) is 18.2 Å². The van der Waals surface area contributed by atoms with Gasteiger partial charge in [-0.2, -0.15) is 0 Å². The normalized spacial score (nSPS) is 14.9. The lowest BCUT2D eigenvalue weighted by Crippen LogP contribution is -2.43. The number of hydrogen-bond acceptors (Lipinski definition) is 6. The Morgan fingerprint density at radius 3 is 1.27 bits per heavy atom. The number of imide groups is 2. The minimum Gasteiger partial charge on any atom is -0.457 e. The maximum Gasteiger partial charge on any atom is 0.266 e. The molecule has 75 heavy (non-hydrogen) atoms. The van der Waals surface area contributed by atoms with Crippen LogP contribution in [0.4, 0.5) is 5.69 Å². The highest BCUT2D eigenvalue weighted by Crippen LogP contribution is 2.54. The summed E-state index contributed by atoms with van der Waals surface area (Å²) in [5.41, 5.74) is 6.48. The molecule has 8 aromatic rings. The highest BCUT2D eigenvalue weighted by molar-refractivity contribution is 6.45. The molecular weight excluding hydrogens is 929 g/mol. The molecule has 0 saturated carbocycles. The number of fused-ring (bicyclic) bond motifs is 2. The third-order valence-corrected chi connectivity index (χ3v) is 15.9. The Balaban J connectivity index is 1.34. The van der Waals surface area contributed by atoms with E-state index in [-0.39, 0.29) is 39.4 Å². The minimum atomic E-state index is -0.467. The number of unbranched alkanes of at least 4 members (excludes halogenated alkanes) is 1. The maximum atomic E-state index is 15.3. The van der Waals surface area contributed by atoms with Crippen molar-refractivity contribution in [2.45, 2.75) is 151 Å². The predicted octanol–water partition coefficient (Wildman–Crippen LogP) is 17.4. The van der Waals surface area contributed by atoms with E-state index in [4.69, 9.17) is 9.47 Å². The monoisotopic (exact) mass is 1000 g/mol. The topological polar surface area (TPSA) is 93.2 Å². The fourth-order valence-electron chi connectivity index (χ4n) is 11.2. The summed E-state index contributed by atoms with van der Waals surface area (Å²) in [6, 6.07) is 31.4. The summed E-state index contributed by atoms with van der Waals surface area (Å²) in [7, 11) is 0. The molecule has 0 radical (unpaired) electrons. The van der Waals surface area contributed by atoms with Crippen LogP contribution in [-0.4, -0.2) is 35.1 Å². The van der Waals surface area contributed by atoms with Crippen LogP contribution < -0.4 is 14.4 Å². The van der Waals surface area contributed by atoms with E-state index >= 15 is 19.2 Å². The third-order valence-electron chi connectivity index (χ3n) is 15.9. The minimum absolute atomic E-state index is 0.146. The zero-order valence-electron chi connectivity index (χ0n) is 46.7. The quantitative estimate of drug-likeness (QED) is 0.0728. The number of nitrogens with zero attached hydrogens (tertiary/aromatic N) is 2. The first kappa shape index (κ1) is 51.4. The van der Waals surface area contributed by atoms with Gasteiger partial charge in [0, 0.05) is 50.0 Å². The molecule has 0 saturated heterocycles. The second kappa shape index (κ2) is 18.1. The van der Waals surface area contributed by atoms with E-state index in [1.165, 1.54) is 9.80 Å². The first-order valence-electron chi connectivity index (χ1n) is 27.0. The van der Waals surface area contributed by atoms with E-state index in [0.717, 1.165) is 53.5 Å². The number of hydrogen-bond donors (Lipinski definition) is 0. The molecule has 386 valence electrons. The molecular formula is C67H72N2O6. The Labute approximate surface area is 442 Å². The lowest BCUT2D eigenvalue weighted by molar-refractivity contribution is 0.0579. The number of aryl methyl sites for hydroxylation is 1. The Morgan fingerprint density at radius 1 is 0.453 bits per heavy atom. The predicted molar refractivity (Wildman–Crippen MR) is 306 cm³/mol. The number of anilines is 1. The fraction of sp³-hybridized carbons (Fsp3) is 0.373. The van der Waals surface area contributed by atoms with Crippen molar-refractivity contribution >= 4 is 72.4 Å². The van der Waals surface area contributed by atoms with Crippen LogP contribution in [0.5, 0.6) is 23.0 Å². The summed E-state index contributed by atoms with van der Waals surface area (Å²) in [5.74, 6) is 0.613. The van der Waals surface area contributed by atoms with Crippen LogP contribution in [-0.2, 0) is 21.7 Å². The SMILES string of the molecule is CCCCC(CC)CN1C(=O)c2ccc3c4c(Oc5cc(C(C)(C)C)cc(C(C)(C)C)c5)cc5c6c(ccc(c7c(Oc8cc(C(C)(C)C)cc(C(C)(C)C)c8)cc(c2c37)C1=O)c64)C(=O)N(c1ccc(C)cc1)C5=O. The molecule has 1 unspecified atom stereocenters. The first-order valence-corrected chi connectivity index (χ1v) is 27.0. The molecule has 0 bridgehead atoms. The molecule has 2 aliphatic rings. The summed E-state index contributed by atoms with van der Waals surface area (Å²) in [5, 5.41) is 5.12. The molecule has 4 amide bonds. The van der Waals surface area contributed by atoms with Gasteiger partial charge in [0.1, 0.15) is 23.0 Å². The van der Waals surface area contributed by atoms with Gasteiger partial charge in [0.15, 0.2) is 0 Å². The van der Waals surface area contributed by atoms with E-state index < -0.39 is 11.8 Å². The standard InChI is InChI=1S/C67H72N2O6/c1-16-18-19-38(17-2)36-68-60(70)48-26-24-46-57-53(75-45-32-41(66(10,11)12)29-42(33-45)67(13,14)15)35-51-55-49(62(72)69(63(51)73)43-22-20-37(3)21-23-43)27-25-47(59(55)57)56-52(34-50(61(68)71)54(48)58(46)56)74-44-30-39(64(4,5)6)28-40(31-44)65(7,8)9/h20-35,38H,16-19,36H2,1-15H3. The van der Waals surface area contributed by atoms with Gasteiger partial charge in [0.05, 0.1) is 16.8 Å². The average molecular weight is 1000 g/mol. The van der Waals surface area contributed by atoms with Crippen molar-refractivity contribution in [1.82, 2.24) is 4.90 Å². The molecule has 8 aromatic carbocycles. The van der Waals surface area contributed by atoms with Crippen molar-refractivity contribution < 1.29 is 28.7 Å². The Kier molecular flexibility index (Phi) is 12.4. The summed E-state index contributed by atoms with van der Waals surface area (Å²) < 4.78 is 14.6. The van der Waals surface area contributed by atoms with Crippen LogP contribution in [0.3, 0.4) is 0 Å². The van der Waals surface area contributed by atoms with Crippen LogP contribution in [0, 0.1) is 12.8 Å². The average Bonchev–Trinajstić information content (AvgIpc) is 3.34. The summed E-state index contributed by atoms with van der Waals surface area (Å²) in [6.45, 7) is 32.8. The third kappa shape index (κ3) is 8.82. The lowest BCUT2D eigenvalue weighted by atomic mass is 9.80. The lowest BCUT2D eigenvalue weighted by Gasteiger charge is -2.32. The zero-order chi connectivity index (χ0) is 54.0. The molecule has 0 aromatic heterocycles. The van der Waals surface area contributed by atoms with Crippen molar-refractivity contribution in [3.63, 3.8) is 0 Å². The molecule has 1 atom stereocenters. The highest BCUT2D eigenvalue weighted by atomic mass is 16.5. The van der Waals surface area contributed by atoms with Crippen LogP contribution >= 0.6 is 0 Å². The number of ether oxygens (including phenoxy) is 2. The van der Waals surface area contributed by atoms with Gasteiger partial charge in [-0.25, -0.2) is 4.90 Å². The van der Waals surface area contributed by atoms with Crippen molar-refractivity contribution in [1.29, 1.82) is 0 Å². The molecule has 10 rings (SSSR count). The number of benzene rings is 8. The zero-order valence-corrected chi connectivity index (χ0v) is 46.7. The molecule has 2 heterocycles. The van der Waals surface area contributed by atoms with Crippen molar-refractivity contribution in [3.8, 4) is 23.0 Å². The Morgan fingerprint density at radius 2 is 0.853 bits per heavy atom. The van der Waals surface area contributed by atoms with Gasteiger partial charge in [-0.05, 0) is 135 Å². The summed E-state index contributed by atoms with van der Waals surface area (Å²) in [4.78, 5) is 63.4. The van der Waals surface area contributed by atoms with E-state index in [1.807, 2.05) is 49.4 Å². The summed E-state index contributed by atoms with van der Waals surface area (Å²) >= 11 is 0. The Hall–Kier alpha value is -7.06. The number of rotatable bonds is 11. The van der Waals surface area contributed by atoms with Crippen molar-refractivity contribution in [2.24, 2.45) is 5.92 Å². The second-order valence-corrected chi connectivity index (χ2v) is 25.5. The number of carbonyl (C=O) groups excluding carboxylic acids is 4. The van der Waals surface area contributed by atoms with Crippen LogP contribution in [0.25, 0.3) is 43.1 Å². The molecule has 8 heteroatoms. The summed E-state index contributed by atoms with van der Waals surface area (Å²) in [6.07, 6.45) is 3.78. The van der Waals surface area contributed by atoms with Gasteiger partial charge in [0.2, 0.25) is 0 Å². The van der Waals surface area contributed by atoms with Gasteiger partial charge in [0.25, 0.3) is 23.6 Å². The molecule has 8 nitrogen and oxygen atoms in total.